The Morgan fingerprint density at radius 2 is 1.78 bits per heavy atom. The molecule has 0 radical (unpaired) electrons. The Balaban J connectivity index is 2.40. The Labute approximate surface area is 139 Å². The number of ether oxygens (including phenoxy) is 3. The first-order chi connectivity index (χ1) is 10.9. The van der Waals surface area contributed by atoms with Crippen LogP contribution < -0.4 is 5.32 Å². The maximum Gasteiger partial charge on any atom is 0.302 e. The van der Waals surface area contributed by atoms with Gasteiger partial charge in [0.15, 0.2) is 6.29 Å². The molecule has 0 aromatic heterocycles. The second kappa shape index (κ2) is 9.88. The van der Waals surface area contributed by atoms with E-state index in [0.717, 1.165) is 12.8 Å². The Bertz CT molecular complexity index is 387. The Morgan fingerprint density at radius 3 is 2.39 bits per heavy atom. The molecule has 1 aliphatic rings. The van der Waals surface area contributed by atoms with Crippen LogP contribution in [0.1, 0.15) is 47.0 Å². The largest absolute Gasteiger partial charge is 0.463 e. The van der Waals surface area contributed by atoms with Gasteiger partial charge in [0.1, 0.15) is 6.61 Å². The average Bonchev–Trinajstić information content (AvgIpc) is 2.52. The van der Waals surface area contributed by atoms with E-state index in [4.69, 9.17) is 14.2 Å². The molecule has 0 saturated carbocycles. The molecule has 1 fully saturated rings. The van der Waals surface area contributed by atoms with Crippen molar-refractivity contribution in [3.8, 4) is 0 Å². The van der Waals surface area contributed by atoms with Crippen LogP contribution in [0, 0.1) is 17.8 Å². The summed E-state index contributed by atoms with van der Waals surface area (Å²) in [6.07, 6.45) is 1.70. The second-order valence-electron chi connectivity index (χ2n) is 6.42. The van der Waals surface area contributed by atoms with E-state index in [1.165, 1.54) is 6.92 Å². The normalized spacial score (nSPS) is 30.7. The molecular formula is C17H31NO5. The van der Waals surface area contributed by atoms with Crippen LogP contribution in [0.5, 0.6) is 0 Å². The molecule has 1 N–H and O–H groups in total. The van der Waals surface area contributed by atoms with Gasteiger partial charge in [0, 0.05) is 32.9 Å². The van der Waals surface area contributed by atoms with Gasteiger partial charge in [-0.05, 0) is 24.7 Å². The van der Waals surface area contributed by atoms with Crippen molar-refractivity contribution < 1.29 is 23.8 Å². The maximum atomic E-state index is 11.2. The third-order valence-electron chi connectivity index (χ3n) is 4.79. The number of nitrogens with one attached hydrogen (secondary N) is 1. The summed E-state index contributed by atoms with van der Waals surface area (Å²) in [4.78, 5) is 22.2. The zero-order valence-corrected chi connectivity index (χ0v) is 15.0. The van der Waals surface area contributed by atoms with Crippen LogP contribution in [0.2, 0.25) is 0 Å². The highest BCUT2D eigenvalue weighted by molar-refractivity contribution is 5.75. The highest BCUT2D eigenvalue weighted by Crippen LogP contribution is 2.35. The van der Waals surface area contributed by atoms with Crippen molar-refractivity contribution in [2.45, 2.75) is 59.4 Å². The van der Waals surface area contributed by atoms with Crippen LogP contribution in [-0.2, 0) is 23.8 Å². The highest BCUT2D eigenvalue weighted by Gasteiger charge is 2.39. The van der Waals surface area contributed by atoms with Gasteiger partial charge in [0.2, 0.25) is 5.91 Å². The van der Waals surface area contributed by atoms with Gasteiger partial charge < -0.3 is 19.5 Å². The van der Waals surface area contributed by atoms with Crippen LogP contribution in [0.15, 0.2) is 0 Å². The predicted molar refractivity (Wildman–Crippen MR) is 86.7 cm³/mol. The van der Waals surface area contributed by atoms with Crippen molar-refractivity contribution in [2.24, 2.45) is 17.8 Å². The van der Waals surface area contributed by atoms with E-state index in [2.05, 4.69) is 26.1 Å². The van der Waals surface area contributed by atoms with Gasteiger partial charge in [-0.2, -0.15) is 0 Å². The summed E-state index contributed by atoms with van der Waals surface area (Å²) in [5, 5.41) is 2.61. The van der Waals surface area contributed by atoms with Gasteiger partial charge in [-0.25, -0.2) is 0 Å². The van der Waals surface area contributed by atoms with Crippen molar-refractivity contribution in [3.63, 3.8) is 0 Å². The standard InChI is InChI=1S/C17H31NO5/c1-11-12(2)15(10-22-14(4)19)23-17(13(11)3)21-9-7-6-8-16(20)18-5/h11-13,15,17H,6-10H2,1-5H3,(H,18,20). The molecule has 1 rings (SSSR count). The molecule has 0 aromatic carbocycles. The minimum atomic E-state index is -0.293. The highest BCUT2D eigenvalue weighted by atomic mass is 16.7. The maximum absolute atomic E-state index is 11.2. The van der Waals surface area contributed by atoms with Crippen molar-refractivity contribution in [1.29, 1.82) is 0 Å². The van der Waals surface area contributed by atoms with E-state index < -0.39 is 0 Å². The number of hydrogen-bond donors (Lipinski definition) is 1. The molecule has 5 unspecified atom stereocenters. The fourth-order valence-electron chi connectivity index (χ4n) is 2.78. The molecule has 134 valence electrons. The van der Waals surface area contributed by atoms with Crippen LogP contribution in [0.3, 0.4) is 0 Å². The van der Waals surface area contributed by atoms with Gasteiger partial charge in [-0.1, -0.05) is 20.8 Å². The minimum Gasteiger partial charge on any atom is -0.463 e. The fourth-order valence-corrected chi connectivity index (χ4v) is 2.78. The van der Waals surface area contributed by atoms with Gasteiger partial charge in [-0.3, -0.25) is 9.59 Å². The van der Waals surface area contributed by atoms with E-state index in [1.54, 1.807) is 7.05 Å². The summed E-state index contributed by atoms with van der Waals surface area (Å²) < 4.78 is 17.0. The lowest BCUT2D eigenvalue weighted by molar-refractivity contribution is -0.255. The molecule has 0 aromatic rings. The summed E-state index contributed by atoms with van der Waals surface area (Å²) in [6.45, 7) is 8.66. The monoisotopic (exact) mass is 329 g/mol. The first-order valence-corrected chi connectivity index (χ1v) is 8.47. The minimum absolute atomic E-state index is 0.0520. The number of hydrogen-bond acceptors (Lipinski definition) is 5. The Hall–Kier alpha value is -1.14. The quantitative estimate of drug-likeness (QED) is 0.545. The number of carbonyl (C=O) groups is 2. The van der Waals surface area contributed by atoms with E-state index in [9.17, 15) is 9.59 Å². The van der Waals surface area contributed by atoms with Crippen molar-refractivity contribution in [2.75, 3.05) is 20.3 Å². The van der Waals surface area contributed by atoms with E-state index in [-0.39, 0.29) is 36.8 Å². The van der Waals surface area contributed by atoms with Crippen LogP contribution >= 0.6 is 0 Å². The van der Waals surface area contributed by atoms with Gasteiger partial charge in [0.05, 0.1) is 6.10 Å². The van der Waals surface area contributed by atoms with E-state index in [1.807, 2.05) is 0 Å². The fraction of sp³-hybridized carbons (Fsp3) is 0.882. The molecule has 0 aliphatic carbocycles. The van der Waals surface area contributed by atoms with E-state index in [0.29, 0.717) is 24.9 Å². The lowest BCUT2D eigenvalue weighted by Crippen LogP contribution is -2.47. The van der Waals surface area contributed by atoms with Crippen molar-refractivity contribution in [1.82, 2.24) is 5.32 Å². The second-order valence-corrected chi connectivity index (χ2v) is 6.42. The molecule has 6 nitrogen and oxygen atoms in total. The van der Waals surface area contributed by atoms with Gasteiger partial charge in [-0.15, -0.1) is 0 Å². The molecule has 0 spiro atoms. The number of esters is 1. The van der Waals surface area contributed by atoms with Crippen LogP contribution in [-0.4, -0.2) is 44.5 Å². The predicted octanol–water partition coefficient (Wildman–Crippen LogP) is 2.12. The Morgan fingerprint density at radius 1 is 1.09 bits per heavy atom. The molecule has 1 aliphatic heterocycles. The molecule has 5 atom stereocenters. The topological polar surface area (TPSA) is 73.9 Å². The molecule has 1 heterocycles. The third-order valence-corrected chi connectivity index (χ3v) is 4.79. The van der Waals surface area contributed by atoms with Crippen molar-refractivity contribution in [3.05, 3.63) is 0 Å². The molecule has 1 saturated heterocycles. The van der Waals surface area contributed by atoms with Crippen LogP contribution in [0.25, 0.3) is 0 Å². The van der Waals surface area contributed by atoms with Gasteiger partial charge >= 0.3 is 5.97 Å². The summed E-state index contributed by atoms with van der Waals surface area (Å²) in [7, 11) is 1.64. The zero-order chi connectivity index (χ0) is 17.4. The average molecular weight is 329 g/mol. The van der Waals surface area contributed by atoms with Gasteiger partial charge in [0.25, 0.3) is 0 Å². The smallest absolute Gasteiger partial charge is 0.302 e. The summed E-state index contributed by atoms with van der Waals surface area (Å²) in [5.41, 5.74) is 0. The molecule has 23 heavy (non-hydrogen) atoms. The lowest BCUT2D eigenvalue weighted by Gasteiger charge is -2.43. The lowest BCUT2D eigenvalue weighted by atomic mass is 9.79. The number of rotatable bonds is 8. The summed E-state index contributed by atoms with van der Waals surface area (Å²) in [6, 6.07) is 0. The van der Waals surface area contributed by atoms with Crippen LogP contribution in [0.4, 0.5) is 0 Å². The first-order valence-electron chi connectivity index (χ1n) is 8.47. The van der Waals surface area contributed by atoms with E-state index >= 15 is 0 Å². The number of amides is 1. The SMILES string of the molecule is CNC(=O)CCCCOC1OC(COC(C)=O)C(C)C(C)C1C. The molecule has 1 amide bonds. The first kappa shape index (κ1) is 19.9. The van der Waals surface area contributed by atoms with Crippen molar-refractivity contribution >= 4 is 11.9 Å². The zero-order valence-electron chi connectivity index (χ0n) is 15.0. The number of carbonyl (C=O) groups excluding carboxylic acids is 2. The summed E-state index contributed by atoms with van der Waals surface area (Å²) in [5.74, 6) is 0.755. The summed E-state index contributed by atoms with van der Waals surface area (Å²) >= 11 is 0. The number of unbranched alkanes of at least 4 members (excludes halogenated alkanes) is 1. The molecular weight excluding hydrogens is 298 g/mol. The third kappa shape index (κ3) is 6.47. The Kier molecular flexibility index (Phi) is 8.55. The molecule has 6 heteroatoms. The molecule has 0 bridgehead atoms.